The molecule has 1 N–H and O–H groups in total. The monoisotopic (exact) mass is 669 g/mol. The molecule has 48 heavy (non-hydrogen) atoms. The van der Waals surface area contributed by atoms with E-state index in [1.54, 1.807) is 0 Å². The number of unbranched alkanes of at least 4 members (excludes halogenated alkanes) is 14. The molecule has 0 aromatic heterocycles. The Kier molecular flexibility index (Phi) is 36.6. The van der Waals surface area contributed by atoms with Gasteiger partial charge in [-0.15, -0.1) is 0 Å². The second-order valence-electron chi connectivity index (χ2n) is 12.6. The first kappa shape index (κ1) is 45.3. The standard InChI is InChI=1S/C43H72O5/c1-3-5-7-9-11-13-15-17-19-21-23-25-27-29-31-33-35-37-42(45)47-40-41(39-44)48-43(46)38-36-34-32-30-28-26-24-22-20-18-16-14-12-10-8-6-4-2/h12,14,17-20,23-26,29,31,41,44H,3-11,13,15-16,21-22,27-28,30,32-40H2,1-2H3/b14-12-,19-17-,20-18-,25-23-,26-24-,31-29-/t41-/m0/s1. The molecular formula is C43H72O5. The summed E-state index contributed by atoms with van der Waals surface area (Å²) in [5, 5.41) is 9.54. The summed E-state index contributed by atoms with van der Waals surface area (Å²) in [6, 6.07) is 0. The highest BCUT2D eigenvalue weighted by Crippen LogP contribution is 2.10. The number of hydrogen-bond acceptors (Lipinski definition) is 5. The first-order valence-corrected chi connectivity index (χ1v) is 19.5. The van der Waals surface area contributed by atoms with Crippen molar-refractivity contribution in [2.24, 2.45) is 0 Å². The zero-order valence-corrected chi connectivity index (χ0v) is 31.0. The van der Waals surface area contributed by atoms with E-state index in [4.69, 9.17) is 9.47 Å². The summed E-state index contributed by atoms with van der Waals surface area (Å²) in [6.45, 7) is 4.02. The third-order valence-electron chi connectivity index (χ3n) is 7.97. The van der Waals surface area contributed by atoms with E-state index in [2.05, 4.69) is 86.8 Å². The van der Waals surface area contributed by atoms with Crippen LogP contribution in [0.4, 0.5) is 0 Å². The van der Waals surface area contributed by atoms with Gasteiger partial charge < -0.3 is 14.6 Å². The molecule has 0 aliphatic rings. The van der Waals surface area contributed by atoms with Gasteiger partial charge in [-0.25, -0.2) is 0 Å². The quantitative estimate of drug-likeness (QED) is 0.0420. The normalized spacial score (nSPS) is 13.0. The molecule has 0 fully saturated rings. The van der Waals surface area contributed by atoms with Crippen LogP contribution < -0.4 is 0 Å². The fourth-order valence-electron chi connectivity index (χ4n) is 4.99. The van der Waals surface area contributed by atoms with Crippen molar-refractivity contribution >= 4 is 11.9 Å². The molecule has 274 valence electrons. The van der Waals surface area contributed by atoms with Gasteiger partial charge in [0, 0.05) is 12.8 Å². The van der Waals surface area contributed by atoms with E-state index in [1.807, 2.05) is 0 Å². The van der Waals surface area contributed by atoms with Crippen molar-refractivity contribution in [2.75, 3.05) is 13.2 Å². The Morgan fingerprint density at radius 3 is 1.35 bits per heavy atom. The maximum atomic E-state index is 12.2. The molecule has 5 heteroatoms. The van der Waals surface area contributed by atoms with Gasteiger partial charge in [0.05, 0.1) is 6.61 Å². The van der Waals surface area contributed by atoms with E-state index in [9.17, 15) is 14.7 Å². The molecule has 0 aromatic carbocycles. The van der Waals surface area contributed by atoms with Gasteiger partial charge in [-0.3, -0.25) is 9.59 Å². The van der Waals surface area contributed by atoms with Crippen molar-refractivity contribution in [3.05, 3.63) is 72.9 Å². The first-order valence-electron chi connectivity index (χ1n) is 19.5. The van der Waals surface area contributed by atoms with E-state index in [1.165, 1.54) is 70.6 Å². The highest BCUT2D eigenvalue weighted by molar-refractivity contribution is 5.70. The van der Waals surface area contributed by atoms with Gasteiger partial charge in [-0.05, 0) is 83.5 Å². The summed E-state index contributed by atoms with van der Waals surface area (Å²) < 4.78 is 10.5. The van der Waals surface area contributed by atoms with Gasteiger partial charge >= 0.3 is 11.9 Å². The molecule has 0 saturated heterocycles. The van der Waals surface area contributed by atoms with Crippen LogP contribution in [0.25, 0.3) is 0 Å². The summed E-state index contributed by atoms with van der Waals surface area (Å²) in [5.74, 6) is -0.683. The van der Waals surface area contributed by atoms with E-state index in [0.29, 0.717) is 19.3 Å². The number of carbonyl (C=O) groups is 2. The van der Waals surface area contributed by atoms with Gasteiger partial charge in [-0.1, -0.05) is 145 Å². The largest absolute Gasteiger partial charge is 0.462 e. The Morgan fingerprint density at radius 1 is 0.479 bits per heavy atom. The second-order valence-corrected chi connectivity index (χ2v) is 12.6. The lowest BCUT2D eigenvalue weighted by Gasteiger charge is -2.15. The number of allylic oxidation sites excluding steroid dienone is 12. The van der Waals surface area contributed by atoms with Crippen molar-refractivity contribution in [1.29, 1.82) is 0 Å². The van der Waals surface area contributed by atoms with E-state index in [0.717, 1.165) is 64.2 Å². The minimum Gasteiger partial charge on any atom is -0.462 e. The molecule has 0 heterocycles. The molecular weight excluding hydrogens is 596 g/mol. The molecule has 0 aromatic rings. The van der Waals surface area contributed by atoms with E-state index in [-0.39, 0.29) is 25.2 Å². The van der Waals surface area contributed by atoms with Crippen molar-refractivity contribution in [1.82, 2.24) is 0 Å². The molecule has 0 spiro atoms. The predicted molar refractivity (Wildman–Crippen MR) is 205 cm³/mol. The zero-order chi connectivity index (χ0) is 35.0. The van der Waals surface area contributed by atoms with Crippen LogP contribution >= 0.6 is 0 Å². The molecule has 0 rings (SSSR count). The van der Waals surface area contributed by atoms with Gasteiger partial charge in [0.25, 0.3) is 0 Å². The molecule has 0 unspecified atom stereocenters. The zero-order valence-electron chi connectivity index (χ0n) is 31.0. The Morgan fingerprint density at radius 2 is 0.854 bits per heavy atom. The summed E-state index contributed by atoms with van der Waals surface area (Å²) in [7, 11) is 0. The maximum Gasteiger partial charge on any atom is 0.306 e. The highest BCUT2D eigenvalue weighted by atomic mass is 16.6. The van der Waals surface area contributed by atoms with E-state index < -0.39 is 6.10 Å². The highest BCUT2D eigenvalue weighted by Gasteiger charge is 2.15. The van der Waals surface area contributed by atoms with Crippen LogP contribution in [-0.2, 0) is 19.1 Å². The SMILES string of the molecule is CCCCC/C=C\C/C=C\C/C=C\CCCCCCC(=O)O[C@@H](CO)COC(=O)CCC/C=C\C/C=C\C/C=C\CCCCCCCC. The maximum absolute atomic E-state index is 12.2. The van der Waals surface area contributed by atoms with Crippen LogP contribution in [0.2, 0.25) is 0 Å². The third-order valence-corrected chi connectivity index (χ3v) is 7.97. The smallest absolute Gasteiger partial charge is 0.306 e. The fraction of sp³-hybridized carbons (Fsp3) is 0.674. The van der Waals surface area contributed by atoms with Crippen LogP contribution in [0.1, 0.15) is 168 Å². The Hall–Kier alpha value is -2.66. The lowest BCUT2D eigenvalue weighted by atomic mass is 10.1. The van der Waals surface area contributed by atoms with Crippen molar-refractivity contribution in [3.63, 3.8) is 0 Å². The van der Waals surface area contributed by atoms with Crippen LogP contribution in [0.15, 0.2) is 72.9 Å². The first-order chi connectivity index (χ1) is 23.6. The van der Waals surface area contributed by atoms with Crippen molar-refractivity contribution in [2.45, 2.75) is 174 Å². The Bertz CT molecular complexity index is 895. The average molecular weight is 669 g/mol. The number of hydrogen-bond donors (Lipinski definition) is 1. The van der Waals surface area contributed by atoms with Gasteiger partial charge in [-0.2, -0.15) is 0 Å². The predicted octanol–water partition coefficient (Wildman–Crippen LogP) is 12.2. The summed E-state index contributed by atoms with van der Waals surface area (Å²) in [5.41, 5.74) is 0. The van der Waals surface area contributed by atoms with Crippen LogP contribution in [0.5, 0.6) is 0 Å². The van der Waals surface area contributed by atoms with Gasteiger partial charge in [0.15, 0.2) is 6.10 Å². The number of aliphatic hydroxyl groups excluding tert-OH is 1. The Labute approximate surface area is 295 Å². The average Bonchev–Trinajstić information content (AvgIpc) is 3.09. The third kappa shape index (κ3) is 36.2. The summed E-state index contributed by atoms with van der Waals surface area (Å²) in [6.07, 6.45) is 51.0. The lowest BCUT2D eigenvalue weighted by Crippen LogP contribution is -2.28. The lowest BCUT2D eigenvalue weighted by molar-refractivity contribution is -0.161. The molecule has 1 atom stereocenters. The number of aliphatic hydroxyl groups is 1. The molecule has 0 radical (unpaired) electrons. The van der Waals surface area contributed by atoms with E-state index >= 15 is 0 Å². The molecule has 0 saturated carbocycles. The molecule has 0 bridgehead atoms. The Balaban J connectivity index is 3.72. The number of esters is 2. The topological polar surface area (TPSA) is 72.8 Å². The summed E-state index contributed by atoms with van der Waals surface area (Å²) in [4.78, 5) is 24.2. The van der Waals surface area contributed by atoms with Crippen LogP contribution in [-0.4, -0.2) is 36.4 Å². The van der Waals surface area contributed by atoms with Crippen molar-refractivity contribution in [3.8, 4) is 0 Å². The minimum atomic E-state index is -0.806. The summed E-state index contributed by atoms with van der Waals surface area (Å²) >= 11 is 0. The second kappa shape index (κ2) is 38.8. The van der Waals surface area contributed by atoms with Crippen LogP contribution in [0.3, 0.4) is 0 Å². The minimum absolute atomic E-state index is 0.105. The fourth-order valence-corrected chi connectivity index (χ4v) is 4.99. The van der Waals surface area contributed by atoms with Gasteiger partial charge in [0.1, 0.15) is 6.61 Å². The number of ether oxygens (including phenoxy) is 2. The number of rotatable bonds is 34. The van der Waals surface area contributed by atoms with Crippen LogP contribution in [0, 0.1) is 0 Å². The van der Waals surface area contributed by atoms with Gasteiger partial charge in [0.2, 0.25) is 0 Å². The molecule has 0 amide bonds. The van der Waals surface area contributed by atoms with Crippen molar-refractivity contribution < 1.29 is 24.2 Å². The molecule has 0 aliphatic carbocycles. The molecule has 5 nitrogen and oxygen atoms in total. The molecule has 0 aliphatic heterocycles. The number of carbonyl (C=O) groups excluding carboxylic acids is 2.